The van der Waals surface area contributed by atoms with Crippen LogP contribution in [-0.4, -0.2) is 25.2 Å². The van der Waals surface area contributed by atoms with Crippen molar-refractivity contribution >= 4 is 17.4 Å². The molecule has 1 aliphatic heterocycles. The van der Waals surface area contributed by atoms with Crippen molar-refractivity contribution in [3.8, 4) is 0 Å². The van der Waals surface area contributed by atoms with E-state index in [1.807, 2.05) is 12.1 Å². The van der Waals surface area contributed by atoms with E-state index in [0.717, 1.165) is 24.5 Å². The minimum atomic E-state index is 0.00909. The zero-order chi connectivity index (χ0) is 13.1. The maximum atomic E-state index is 11.7. The van der Waals surface area contributed by atoms with Crippen molar-refractivity contribution in [2.75, 3.05) is 23.3 Å². The van der Waals surface area contributed by atoms with Crippen LogP contribution in [0.5, 0.6) is 0 Å². The molecule has 0 aromatic heterocycles. The zero-order valence-electron chi connectivity index (χ0n) is 11.2. The fourth-order valence-corrected chi connectivity index (χ4v) is 2.96. The van der Waals surface area contributed by atoms with E-state index in [-0.39, 0.29) is 6.03 Å². The highest BCUT2D eigenvalue weighted by atomic mass is 16.2. The molecule has 1 saturated heterocycles. The fraction of sp³-hybridized carbons (Fsp3) is 0.533. The van der Waals surface area contributed by atoms with E-state index in [2.05, 4.69) is 22.8 Å². The molecule has 1 heterocycles. The summed E-state index contributed by atoms with van der Waals surface area (Å²) in [7, 11) is 0. The van der Waals surface area contributed by atoms with Crippen LogP contribution in [0.25, 0.3) is 0 Å². The topological polar surface area (TPSA) is 44.4 Å². The van der Waals surface area contributed by atoms with Gasteiger partial charge in [0.2, 0.25) is 0 Å². The number of hydrogen-bond donors (Lipinski definition) is 2. The van der Waals surface area contributed by atoms with Crippen molar-refractivity contribution in [1.29, 1.82) is 0 Å². The van der Waals surface area contributed by atoms with E-state index in [0.29, 0.717) is 6.04 Å². The number of nitrogens with zero attached hydrogens (tertiary/aromatic N) is 1. The first-order valence-corrected chi connectivity index (χ1v) is 7.25. The highest BCUT2D eigenvalue weighted by molar-refractivity contribution is 5.94. The quantitative estimate of drug-likeness (QED) is 0.876. The summed E-state index contributed by atoms with van der Waals surface area (Å²) in [6.45, 7) is 1.49. The molecule has 4 heteroatoms. The summed E-state index contributed by atoms with van der Waals surface area (Å²) in [5.41, 5.74) is 2.11. The second-order valence-corrected chi connectivity index (χ2v) is 5.41. The Morgan fingerprint density at radius 1 is 1.21 bits per heavy atom. The van der Waals surface area contributed by atoms with Crippen molar-refractivity contribution in [2.24, 2.45) is 0 Å². The summed E-state index contributed by atoms with van der Waals surface area (Å²) in [4.78, 5) is 13.5. The minimum Gasteiger partial charge on any atom is -0.382 e. The largest absolute Gasteiger partial charge is 0.382 e. The Morgan fingerprint density at radius 2 is 2.05 bits per heavy atom. The number of hydrogen-bond acceptors (Lipinski definition) is 2. The van der Waals surface area contributed by atoms with Crippen LogP contribution in [0.3, 0.4) is 0 Å². The monoisotopic (exact) mass is 259 g/mol. The Hall–Kier alpha value is -1.71. The Morgan fingerprint density at radius 3 is 2.79 bits per heavy atom. The summed E-state index contributed by atoms with van der Waals surface area (Å²) in [5, 5.41) is 6.44. The van der Waals surface area contributed by atoms with E-state index in [1.54, 1.807) is 4.90 Å². The molecule has 1 aromatic rings. The Bertz CT molecular complexity index is 454. The van der Waals surface area contributed by atoms with Gasteiger partial charge in [0.05, 0.1) is 0 Å². The summed E-state index contributed by atoms with van der Waals surface area (Å²) in [5.74, 6) is 0. The molecule has 2 N–H and O–H groups in total. The summed E-state index contributed by atoms with van der Waals surface area (Å²) in [6, 6.07) is 8.79. The molecule has 0 spiro atoms. The first-order chi connectivity index (χ1) is 9.33. The van der Waals surface area contributed by atoms with E-state index in [4.69, 9.17) is 0 Å². The maximum absolute atomic E-state index is 11.7. The molecule has 2 amide bonds. The van der Waals surface area contributed by atoms with Gasteiger partial charge in [0.25, 0.3) is 0 Å². The average molecular weight is 259 g/mol. The normalized spacial score (nSPS) is 20.4. The van der Waals surface area contributed by atoms with Crippen LogP contribution in [0.2, 0.25) is 0 Å². The summed E-state index contributed by atoms with van der Waals surface area (Å²) in [6.07, 6.45) is 6.53. The predicted molar refractivity (Wildman–Crippen MR) is 77.7 cm³/mol. The van der Waals surface area contributed by atoms with Crippen molar-refractivity contribution in [3.05, 3.63) is 24.3 Å². The molecule has 0 radical (unpaired) electrons. The number of anilines is 2. The number of carbonyl (C=O) groups excluding carboxylic acids is 1. The number of urea groups is 1. The average Bonchev–Trinajstić information content (AvgIpc) is 2.86. The number of nitrogens with one attached hydrogen (secondary N) is 2. The number of benzene rings is 1. The molecule has 3 rings (SSSR count). The van der Waals surface area contributed by atoms with Gasteiger partial charge in [-0.15, -0.1) is 0 Å². The minimum absolute atomic E-state index is 0.00909. The lowest BCUT2D eigenvalue weighted by atomic mass is 9.95. The van der Waals surface area contributed by atoms with Crippen LogP contribution in [0.15, 0.2) is 24.3 Å². The number of carbonyl (C=O) groups is 1. The molecule has 2 aliphatic rings. The molecule has 2 fully saturated rings. The third-order valence-electron chi connectivity index (χ3n) is 3.99. The van der Waals surface area contributed by atoms with Gasteiger partial charge in [-0.05, 0) is 31.0 Å². The molecular formula is C15H21N3O. The van der Waals surface area contributed by atoms with E-state index < -0.39 is 0 Å². The van der Waals surface area contributed by atoms with Crippen LogP contribution >= 0.6 is 0 Å². The lowest BCUT2D eigenvalue weighted by Gasteiger charge is -2.24. The Labute approximate surface area is 114 Å². The molecular weight excluding hydrogens is 238 g/mol. The summed E-state index contributed by atoms with van der Waals surface area (Å²) < 4.78 is 0. The molecule has 1 saturated carbocycles. The maximum Gasteiger partial charge on any atom is 0.321 e. The third kappa shape index (κ3) is 2.83. The van der Waals surface area contributed by atoms with Gasteiger partial charge in [-0.25, -0.2) is 4.79 Å². The van der Waals surface area contributed by atoms with E-state index >= 15 is 0 Å². The third-order valence-corrected chi connectivity index (χ3v) is 3.99. The van der Waals surface area contributed by atoms with Crippen LogP contribution in [0.1, 0.15) is 32.1 Å². The van der Waals surface area contributed by atoms with Crippen molar-refractivity contribution < 1.29 is 4.79 Å². The zero-order valence-corrected chi connectivity index (χ0v) is 11.2. The van der Waals surface area contributed by atoms with Gasteiger partial charge in [0.15, 0.2) is 0 Å². The van der Waals surface area contributed by atoms with Crippen molar-refractivity contribution in [3.63, 3.8) is 0 Å². The second-order valence-electron chi connectivity index (χ2n) is 5.41. The molecule has 4 nitrogen and oxygen atoms in total. The molecule has 0 unspecified atom stereocenters. The predicted octanol–water partition coefficient (Wildman–Crippen LogP) is 2.96. The molecule has 1 aliphatic carbocycles. The highest BCUT2D eigenvalue weighted by Gasteiger charge is 2.21. The molecule has 0 bridgehead atoms. The van der Waals surface area contributed by atoms with Crippen LogP contribution in [0, 0.1) is 0 Å². The summed E-state index contributed by atoms with van der Waals surface area (Å²) >= 11 is 0. The first-order valence-electron chi connectivity index (χ1n) is 7.25. The van der Waals surface area contributed by atoms with Crippen LogP contribution in [-0.2, 0) is 0 Å². The lowest BCUT2D eigenvalue weighted by molar-refractivity contribution is 0.252. The van der Waals surface area contributed by atoms with Crippen molar-refractivity contribution in [1.82, 2.24) is 5.32 Å². The molecule has 19 heavy (non-hydrogen) atoms. The standard InChI is InChI=1S/C15H21N3O/c19-15-16-9-10-18(15)14-8-4-7-13(11-14)17-12-5-2-1-3-6-12/h4,7-8,11-12,17H,1-3,5-6,9-10H2,(H,16,19). The number of amides is 2. The molecule has 102 valence electrons. The van der Waals surface area contributed by atoms with Crippen molar-refractivity contribution in [2.45, 2.75) is 38.1 Å². The smallest absolute Gasteiger partial charge is 0.321 e. The Balaban J connectivity index is 1.70. The van der Waals surface area contributed by atoms with E-state index in [9.17, 15) is 4.79 Å². The number of rotatable bonds is 3. The van der Waals surface area contributed by atoms with Gasteiger partial charge in [0, 0.05) is 30.5 Å². The second kappa shape index (κ2) is 5.51. The van der Waals surface area contributed by atoms with Gasteiger partial charge in [0.1, 0.15) is 0 Å². The van der Waals surface area contributed by atoms with Crippen LogP contribution < -0.4 is 15.5 Å². The molecule has 0 atom stereocenters. The van der Waals surface area contributed by atoms with Gasteiger partial charge in [-0.1, -0.05) is 25.3 Å². The Kier molecular flexibility index (Phi) is 3.58. The molecule has 1 aromatic carbocycles. The van der Waals surface area contributed by atoms with Gasteiger partial charge < -0.3 is 10.6 Å². The fourth-order valence-electron chi connectivity index (χ4n) is 2.96. The lowest BCUT2D eigenvalue weighted by Crippen LogP contribution is -2.28. The van der Waals surface area contributed by atoms with Gasteiger partial charge in [-0.3, -0.25) is 4.90 Å². The van der Waals surface area contributed by atoms with E-state index in [1.165, 1.54) is 32.1 Å². The van der Waals surface area contributed by atoms with Gasteiger partial charge in [-0.2, -0.15) is 0 Å². The SMILES string of the molecule is O=C1NCCN1c1cccc(NC2CCCCC2)c1. The van der Waals surface area contributed by atoms with Gasteiger partial charge >= 0.3 is 6.03 Å². The van der Waals surface area contributed by atoms with Crippen LogP contribution in [0.4, 0.5) is 16.2 Å². The first kappa shape index (κ1) is 12.3. The highest BCUT2D eigenvalue weighted by Crippen LogP contribution is 2.25.